The van der Waals surface area contributed by atoms with Gasteiger partial charge in [0.1, 0.15) is 5.57 Å². The number of rotatable bonds is 2. The number of benzene rings is 1. The number of esters is 2. The van der Waals surface area contributed by atoms with Crippen molar-refractivity contribution >= 4 is 40.6 Å². The first-order valence-electron chi connectivity index (χ1n) is 9.02. The maximum absolute atomic E-state index is 12.5. The molecule has 1 saturated carbocycles. The molecule has 0 unspecified atom stereocenters. The summed E-state index contributed by atoms with van der Waals surface area (Å²) in [6.07, 6.45) is 4.55. The Morgan fingerprint density at radius 3 is 2.22 bits per heavy atom. The van der Waals surface area contributed by atoms with Gasteiger partial charge in [0.2, 0.25) is 0 Å². The van der Waals surface area contributed by atoms with Crippen LogP contribution in [0.5, 0.6) is 0 Å². The van der Waals surface area contributed by atoms with Gasteiger partial charge in [-0.2, -0.15) is 0 Å². The van der Waals surface area contributed by atoms with Crippen LogP contribution in [0.4, 0.5) is 0 Å². The van der Waals surface area contributed by atoms with Crippen LogP contribution in [-0.2, 0) is 19.1 Å². The second kappa shape index (κ2) is 6.82. The van der Waals surface area contributed by atoms with Crippen molar-refractivity contribution < 1.29 is 19.1 Å². The molecule has 0 radical (unpaired) electrons. The molecule has 1 spiro atoms. The number of nitrogens with zero attached hydrogens (tertiary/aromatic N) is 1. The topological polar surface area (TPSA) is 57.5 Å². The molecule has 6 heteroatoms. The maximum Gasteiger partial charge on any atom is 0.348 e. The van der Waals surface area contributed by atoms with Crippen LogP contribution in [0.1, 0.15) is 42.6 Å². The molecule has 1 aliphatic carbocycles. The summed E-state index contributed by atoms with van der Waals surface area (Å²) in [6, 6.07) is 10.1. The molecular weight excluding hydrogens is 457 g/mol. The van der Waals surface area contributed by atoms with E-state index in [1.807, 2.05) is 44.2 Å². The lowest BCUT2D eigenvalue weighted by atomic mass is 10.1. The molecule has 1 aromatic heterocycles. The van der Waals surface area contributed by atoms with Crippen LogP contribution < -0.4 is 0 Å². The third-order valence-electron chi connectivity index (χ3n) is 5.22. The SMILES string of the molecule is Cc1cc(C=C2C(=O)OC3(CCCC3)OC2=O)c(C)n1-c1ccc(I)cc1. The summed E-state index contributed by atoms with van der Waals surface area (Å²) in [7, 11) is 0. The van der Waals surface area contributed by atoms with E-state index in [9.17, 15) is 9.59 Å². The normalized spacial score (nSPS) is 18.6. The van der Waals surface area contributed by atoms with Crippen LogP contribution in [0.3, 0.4) is 0 Å². The van der Waals surface area contributed by atoms with Crippen molar-refractivity contribution in [3.63, 3.8) is 0 Å². The quantitative estimate of drug-likeness (QED) is 0.278. The number of carbonyl (C=O) groups is 2. The van der Waals surface area contributed by atoms with Gasteiger partial charge in [-0.15, -0.1) is 0 Å². The van der Waals surface area contributed by atoms with Crippen molar-refractivity contribution in [3.8, 4) is 5.69 Å². The van der Waals surface area contributed by atoms with Crippen LogP contribution in [0, 0.1) is 17.4 Å². The Morgan fingerprint density at radius 1 is 1.04 bits per heavy atom. The highest BCUT2D eigenvalue weighted by Gasteiger charge is 2.47. The number of carbonyl (C=O) groups excluding carboxylic acids is 2. The van der Waals surface area contributed by atoms with E-state index < -0.39 is 17.7 Å². The van der Waals surface area contributed by atoms with E-state index in [1.165, 1.54) is 0 Å². The average molecular weight is 477 g/mol. The fourth-order valence-corrected chi connectivity index (χ4v) is 4.22. The average Bonchev–Trinajstić information content (AvgIpc) is 3.17. The van der Waals surface area contributed by atoms with Crippen LogP contribution in [-0.4, -0.2) is 22.3 Å². The Balaban J connectivity index is 1.68. The van der Waals surface area contributed by atoms with E-state index in [2.05, 4.69) is 27.2 Å². The van der Waals surface area contributed by atoms with Gasteiger partial charge >= 0.3 is 11.9 Å². The van der Waals surface area contributed by atoms with Crippen LogP contribution in [0.25, 0.3) is 11.8 Å². The summed E-state index contributed by atoms with van der Waals surface area (Å²) in [4.78, 5) is 25.0. The fourth-order valence-electron chi connectivity index (χ4n) is 3.86. The Morgan fingerprint density at radius 2 is 1.63 bits per heavy atom. The van der Waals surface area contributed by atoms with Gasteiger partial charge in [0, 0.05) is 33.5 Å². The highest BCUT2D eigenvalue weighted by Crippen LogP contribution is 2.39. The van der Waals surface area contributed by atoms with Gasteiger partial charge in [0.15, 0.2) is 0 Å². The summed E-state index contributed by atoms with van der Waals surface area (Å²) in [6.45, 7) is 3.97. The van der Waals surface area contributed by atoms with Gasteiger partial charge in [-0.1, -0.05) is 0 Å². The molecule has 1 saturated heterocycles. The third kappa shape index (κ3) is 3.31. The first-order chi connectivity index (χ1) is 12.9. The van der Waals surface area contributed by atoms with Crippen molar-refractivity contribution in [2.75, 3.05) is 0 Å². The molecule has 5 nitrogen and oxygen atoms in total. The summed E-state index contributed by atoms with van der Waals surface area (Å²) in [5.74, 6) is -2.22. The second-order valence-electron chi connectivity index (χ2n) is 7.09. The van der Waals surface area contributed by atoms with E-state index in [0.717, 1.165) is 39.1 Å². The van der Waals surface area contributed by atoms with Gasteiger partial charge in [-0.05, 0) is 91.3 Å². The van der Waals surface area contributed by atoms with Crippen molar-refractivity contribution in [2.45, 2.75) is 45.3 Å². The summed E-state index contributed by atoms with van der Waals surface area (Å²) >= 11 is 2.27. The largest absolute Gasteiger partial charge is 0.419 e. The lowest BCUT2D eigenvalue weighted by Crippen LogP contribution is -2.44. The summed E-state index contributed by atoms with van der Waals surface area (Å²) in [5, 5.41) is 0. The van der Waals surface area contributed by atoms with Gasteiger partial charge < -0.3 is 14.0 Å². The van der Waals surface area contributed by atoms with Crippen LogP contribution in [0.15, 0.2) is 35.9 Å². The molecule has 1 aliphatic heterocycles. The molecule has 27 heavy (non-hydrogen) atoms. The minimum atomic E-state index is -1.04. The molecule has 2 aliphatic rings. The number of aromatic nitrogens is 1. The van der Waals surface area contributed by atoms with E-state index in [1.54, 1.807) is 6.08 Å². The molecule has 2 heterocycles. The van der Waals surface area contributed by atoms with E-state index in [0.29, 0.717) is 12.8 Å². The van der Waals surface area contributed by atoms with Gasteiger partial charge in [0.25, 0.3) is 5.79 Å². The number of ether oxygens (including phenoxy) is 2. The maximum atomic E-state index is 12.5. The van der Waals surface area contributed by atoms with Crippen molar-refractivity contribution in [1.29, 1.82) is 0 Å². The molecule has 0 bridgehead atoms. The Kier molecular flexibility index (Phi) is 4.61. The zero-order valence-electron chi connectivity index (χ0n) is 15.3. The van der Waals surface area contributed by atoms with E-state index in [4.69, 9.17) is 9.47 Å². The Bertz CT molecular complexity index is 927. The van der Waals surface area contributed by atoms with Gasteiger partial charge in [0.05, 0.1) is 0 Å². The van der Waals surface area contributed by atoms with E-state index in [-0.39, 0.29) is 5.57 Å². The number of halogens is 1. The predicted octanol–water partition coefficient (Wildman–Crippen LogP) is 4.45. The van der Waals surface area contributed by atoms with Crippen molar-refractivity contribution in [1.82, 2.24) is 4.57 Å². The van der Waals surface area contributed by atoms with E-state index >= 15 is 0 Å². The first kappa shape index (κ1) is 18.3. The zero-order chi connectivity index (χ0) is 19.2. The Hall–Kier alpha value is -2.09. The van der Waals surface area contributed by atoms with Crippen LogP contribution >= 0.6 is 22.6 Å². The van der Waals surface area contributed by atoms with Crippen molar-refractivity contribution in [3.05, 3.63) is 56.4 Å². The minimum absolute atomic E-state index is 0.0459. The van der Waals surface area contributed by atoms with Gasteiger partial charge in [-0.3, -0.25) is 0 Å². The standard InChI is InChI=1S/C21H20INO4/c1-13-11-15(14(2)23(13)17-7-5-16(22)6-8-17)12-18-19(24)26-21(27-20(18)25)9-3-4-10-21/h5-8,11-12H,3-4,9-10H2,1-2H3. The molecule has 0 amide bonds. The molecule has 2 fully saturated rings. The second-order valence-corrected chi connectivity index (χ2v) is 8.34. The van der Waals surface area contributed by atoms with Crippen LogP contribution in [0.2, 0.25) is 0 Å². The highest BCUT2D eigenvalue weighted by atomic mass is 127. The molecule has 0 N–H and O–H groups in total. The molecule has 2 aromatic rings. The molecule has 4 rings (SSSR count). The zero-order valence-corrected chi connectivity index (χ0v) is 17.4. The van der Waals surface area contributed by atoms with Gasteiger partial charge in [-0.25, -0.2) is 9.59 Å². The smallest absolute Gasteiger partial charge is 0.348 e. The molecule has 1 aromatic carbocycles. The molecule has 140 valence electrons. The monoisotopic (exact) mass is 477 g/mol. The number of hydrogen-bond donors (Lipinski definition) is 0. The lowest BCUT2D eigenvalue weighted by Gasteiger charge is -2.32. The van der Waals surface area contributed by atoms with Crippen molar-refractivity contribution in [2.24, 2.45) is 0 Å². The molecular formula is C21H20INO4. The molecule has 0 atom stereocenters. The first-order valence-corrected chi connectivity index (χ1v) is 10.1. The third-order valence-corrected chi connectivity index (χ3v) is 5.94. The summed E-state index contributed by atoms with van der Waals surface area (Å²) in [5.41, 5.74) is 3.76. The Labute approximate surface area is 171 Å². The minimum Gasteiger partial charge on any atom is -0.419 e. The predicted molar refractivity (Wildman–Crippen MR) is 109 cm³/mol. The number of aryl methyl sites for hydroxylation is 1. The number of hydrogen-bond acceptors (Lipinski definition) is 4. The lowest BCUT2D eigenvalue weighted by molar-refractivity contribution is -0.232. The fraction of sp³-hybridized carbons (Fsp3) is 0.333. The summed E-state index contributed by atoms with van der Waals surface area (Å²) < 4.78 is 14.3. The highest BCUT2D eigenvalue weighted by molar-refractivity contribution is 14.1.